The Hall–Kier alpha value is -2.59. The normalized spacial score (nSPS) is 14.7. The molecule has 1 fully saturated rings. The number of nitrogens with one attached hydrogen (secondary N) is 1. The second-order valence-corrected chi connectivity index (χ2v) is 12.3. The molecule has 2 aromatic carbocycles. The molecule has 0 bridgehead atoms. The summed E-state index contributed by atoms with van der Waals surface area (Å²) < 4.78 is 32.4. The maximum absolute atomic E-state index is 13.4. The number of carbonyl (C=O) groups excluding carboxylic acids is 2. The van der Waals surface area contributed by atoms with Crippen LogP contribution in [0, 0.1) is 0 Å². The SMILES string of the molecule is COc1cccc(N(CCCC(=O)N(Cc2cccc(Br)c2)[C@@H](C)C(=O)NC2CCCC2)S(C)(=O)=O)c1. The van der Waals surface area contributed by atoms with E-state index in [0.29, 0.717) is 17.9 Å². The van der Waals surface area contributed by atoms with Crippen LogP contribution < -0.4 is 14.4 Å². The number of sulfonamides is 1. The number of hydrogen-bond acceptors (Lipinski definition) is 5. The molecule has 0 aromatic heterocycles. The molecule has 1 saturated carbocycles. The van der Waals surface area contributed by atoms with Gasteiger partial charge in [-0.2, -0.15) is 0 Å². The van der Waals surface area contributed by atoms with Crippen LogP contribution in [0.3, 0.4) is 0 Å². The number of ether oxygens (including phenoxy) is 1. The van der Waals surface area contributed by atoms with E-state index in [1.165, 1.54) is 11.4 Å². The zero-order valence-corrected chi connectivity index (χ0v) is 24.1. The molecule has 2 aromatic rings. The first kappa shape index (κ1) is 29.0. The van der Waals surface area contributed by atoms with E-state index in [0.717, 1.165) is 42.0 Å². The maximum atomic E-state index is 13.4. The van der Waals surface area contributed by atoms with Gasteiger partial charge in [-0.15, -0.1) is 0 Å². The van der Waals surface area contributed by atoms with Crippen molar-refractivity contribution < 1.29 is 22.7 Å². The molecule has 10 heteroatoms. The van der Waals surface area contributed by atoms with Crippen LogP contribution >= 0.6 is 15.9 Å². The van der Waals surface area contributed by atoms with Crippen molar-refractivity contribution in [2.45, 2.75) is 64.1 Å². The Kier molecular flexibility index (Phi) is 10.4. The minimum Gasteiger partial charge on any atom is -0.497 e. The molecule has 0 heterocycles. The highest BCUT2D eigenvalue weighted by Crippen LogP contribution is 2.24. The predicted octanol–water partition coefficient (Wildman–Crippen LogP) is 4.48. The molecule has 37 heavy (non-hydrogen) atoms. The van der Waals surface area contributed by atoms with Gasteiger partial charge in [-0.3, -0.25) is 13.9 Å². The van der Waals surface area contributed by atoms with Gasteiger partial charge in [-0.25, -0.2) is 8.42 Å². The molecule has 2 amide bonds. The molecule has 3 rings (SSSR count). The largest absolute Gasteiger partial charge is 0.497 e. The van der Waals surface area contributed by atoms with Crippen LogP contribution in [0.5, 0.6) is 5.75 Å². The number of halogens is 1. The van der Waals surface area contributed by atoms with Crippen LogP contribution in [-0.4, -0.2) is 57.1 Å². The lowest BCUT2D eigenvalue weighted by Gasteiger charge is -2.30. The maximum Gasteiger partial charge on any atom is 0.242 e. The molecule has 0 radical (unpaired) electrons. The molecular weight excluding hydrogens is 558 g/mol. The van der Waals surface area contributed by atoms with Gasteiger partial charge in [0.1, 0.15) is 11.8 Å². The quantitative estimate of drug-likeness (QED) is 0.391. The van der Waals surface area contributed by atoms with Crippen LogP contribution in [-0.2, 0) is 26.2 Å². The number of hydrogen-bond donors (Lipinski definition) is 1. The molecule has 0 saturated heterocycles. The second kappa shape index (κ2) is 13.3. The average Bonchev–Trinajstić information content (AvgIpc) is 3.37. The first-order valence-corrected chi connectivity index (χ1v) is 15.2. The average molecular weight is 595 g/mol. The fourth-order valence-electron chi connectivity index (χ4n) is 4.58. The molecule has 1 atom stereocenters. The van der Waals surface area contributed by atoms with Crippen LogP contribution in [0.1, 0.15) is 51.0 Å². The van der Waals surface area contributed by atoms with E-state index in [1.54, 1.807) is 36.1 Å². The van der Waals surface area contributed by atoms with Gasteiger partial charge in [0.25, 0.3) is 0 Å². The van der Waals surface area contributed by atoms with E-state index in [1.807, 2.05) is 24.3 Å². The molecule has 0 unspecified atom stereocenters. The van der Waals surface area contributed by atoms with Crippen LogP contribution in [0.2, 0.25) is 0 Å². The summed E-state index contributed by atoms with van der Waals surface area (Å²) in [7, 11) is -2.05. The fraction of sp³-hybridized carbons (Fsp3) is 0.481. The van der Waals surface area contributed by atoms with Gasteiger partial charge < -0.3 is 15.0 Å². The highest BCUT2D eigenvalue weighted by atomic mass is 79.9. The van der Waals surface area contributed by atoms with Crippen LogP contribution in [0.25, 0.3) is 0 Å². The lowest BCUT2D eigenvalue weighted by atomic mass is 10.1. The van der Waals surface area contributed by atoms with Gasteiger partial charge in [0.2, 0.25) is 21.8 Å². The lowest BCUT2D eigenvalue weighted by Crippen LogP contribution is -2.49. The summed E-state index contributed by atoms with van der Waals surface area (Å²) in [5.74, 6) is 0.182. The number of benzene rings is 2. The topological polar surface area (TPSA) is 96.0 Å². The van der Waals surface area contributed by atoms with E-state index in [-0.39, 0.29) is 37.4 Å². The first-order valence-electron chi connectivity index (χ1n) is 12.5. The number of carbonyl (C=O) groups is 2. The summed E-state index contributed by atoms with van der Waals surface area (Å²) in [6.07, 6.45) is 5.67. The van der Waals surface area contributed by atoms with E-state index in [4.69, 9.17) is 4.74 Å². The van der Waals surface area contributed by atoms with Crippen molar-refractivity contribution in [1.82, 2.24) is 10.2 Å². The Morgan fingerprint density at radius 1 is 1.14 bits per heavy atom. The van der Waals surface area contributed by atoms with E-state index >= 15 is 0 Å². The van der Waals surface area contributed by atoms with Crippen molar-refractivity contribution >= 4 is 43.5 Å². The summed E-state index contributed by atoms with van der Waals surface area (Å²) in [4.78, 5) is 28.1. The minimum atomic E-state index is -3.57. The lowest BCUT2D eigenvalue weighted by molar-refractivity contribution is -0.141. The summed E-state index contributed by atoms with van der Waals surface area (Å²) in [5.41, 5.74) is 1.38. The van der Waals surface area contributed by atoms with Gasteiger partial charge in [0.15, 0.2) is 0 Å². The van der Waals surface area contributed by atoms with Gasteiger partial charge >= 0.3 is 0 Å². The Labute approximate surface area is 228 Å². The van der Waals surface area contributed by atoms with Gasteiger partial charge in [-0.05, 0) is 56.0 Å². The third-order valence-corrected chi connectivity index (χ3v) is 8.29. The summed E-state index contributed by atoms with van der Waals surface area (Å²) >= 11 is 3.47. The van der Waals surface area contributed by atoms with Crippen molar-refractivity contribution in [2.24, 2.45) is 0 Å². The molecule has 1 aliphatic carbocycles. The minimum absolute atomic E-state index is 0.102. The van der Waals surface area contributed by atoms with Crippen LogP contribution in [0.15, 0.2) is 53.0 Å². The molecule has 202 valence electrons. The number of amides is 2. The van der Waals surface area contributed by atoms with Gasteiger partial charge in [0.05, 0.1) is 19.1 Å². The molecular formula is C27H36BrN3O5S. The first-order chi connectivity index (χ1) is 17.6. The Morgan fingerprint density at radius 2 is 1.84 bits per heavy atom. The standard InChI is InChI=1S/C27H36BrN3O5S/c1-20(27(33)29-23-11-4-5-12-23)30(19-21-9-6-10-22(28)17-21)26(32)15-8-16-31(37(3,34)35)24-13-7-14-25(18-24)36-2/h6-7,9-10,13-14,17-18,20,23H,4-5,8,11-12,15-16,19H2,1-3H3,(H,29,33)/t20-/m0/s1. The predicted molar refractivity (Wildman–Crippen MR) is 149 cm³/mol. The van der Waals surface area contributed by atoms with Crippen molar-refractivity contribution in [3.8, 4) is 5.75 Å². The van der Waals surface area contributed by atoms with Crippen molar-refractivity contribution in [3.63, 3.8) is 0 Å². The summed E-state index contributed by atoms with van der Waals surface area (Å²) in [6, 6.07) is 14.0. The molecule has 1 N–H and O–H groups in total. The Bertz CT molecular complexity index is 1180. The Morgan fingerprint density at radius 3 is 2.49 bits per heavy atom. The monoisotopic (exact) mass is 593 g/mol. The smallest absolute Gasteiger partial charge is 0.242 e. The van der Waals surface area contributed by atoms with Crippen molar-refractivity contribution in [1.29, 1.82) is 0 Å². The number of anilines is 1. The third kappa shape index (κ3) is 8.46. The molecule has 0 aliphatic heterocycles. The third-order valence-electron chi connectivity index (χ3n) is 6.60. The molecule has 1 aliphatic rings. The van der Waals surface area contributed by atoms with E-state index < -0.39 is 16.1 Å². The zero-order chi connectivity index (χ0) is 27.0. The fourth-order valence-corrected chi connectivity index (χ4v) is 5.98. The summed E-state index contributed by atoms with van der Waals surface area (Å²) in [6.45, 7) is 2.16. The second-order valence-electron chi connectivity index (χ2n) is 9.46. The highest BCUT2D eigenvalue weighted by Gasteiger charge is 2.28. The zero-order valence-electron chi connectivity index (χ0n) is 21.7. The summed E-state index contributed by atoms with van der Waals surface area (Å²) in [5, 5.41) is 3.10. The van der Waals surface area contributed by atoms with E-state index in [2.05, 4.69) is 21.2 Å². The van der Waals surface area contributed by atoms with Crippen molar-refractivity contribution in [2.75, 3.05) is 24.2 Å². The van der Waals surface area contributed by atoms with Gasteiger partial charge in [0, 0.05) is 36.1 Å². The van der Waals surface area contributed by atoms with Crippen molar-refractivity contribution in [3.05, 3.63) is 58.6 Å². The van der Waals surface area contributed by atoms with E-state index in [9.17, 15) is 18.0 Å². The Balaban J connectivity index is 1.72. The molecule has 0 spiro atoms. The number of methoxy groups -OCH3 is 1. The number of rotatable bonds is 12. The highest BCUT2D eigenvalue weighted by molar-refractivity contribution is 9.10. The molecule has 8 nitrogen and oxygen atoms in total. The van der Waals surface area contributed by atoms with Gasteiger partial charge in [-0.1, -0.05) is 47.0 Å². The van der Waals surface area contributed by atoms with Crippen LogP contribution in [0.4, 0.5) is 5.69 Å². The number of nitrogens with zero attached hydrogens (tertiary/aromatic N) is 2.